The van der Waals surface area contributed by atoms with E-state index in [0.29, 0.717) is 11.6 Å². The molecular formula is C29H28N4O. The third-order valence-electron chi connectivity index (χ3n) is 7.11. The highest BCUT2D eigenvalue weighted by molar-refractivity contribution is 6.16. The number of H-pyrrole nitrogens is 1. The van der Waals surface area contributed by atoms with Crippen molar-refractivity contribution in [1.29, 1.82) is 0 Å². The van der Waals surface area contributed by atoms with Crippen LogP contribution in [-0.2, 0) is 0 Å². The first-order valence-corrected chi connectivity index (χ1v) is 12.1. The number of benzene rings is 3. The third-order valence-corrected chi connectivity index (χ3v) is 7.11. The SMILES string of the molecule is CC1CCN2c3ccccc3C(c3ccccc3)=NC(NC(=O)c3cc4ccccc4[nH]3)C2C1. The molecule has 3 unspecified atom stereocenters. The van der Waals surface area contributed by atoms with Crippen LogP contribution < -0.4 is 10.2 Å². The standard InChI is InChI=1S/C29H28N4O/c1-19-15-16-33-25-14-8-6-12-22(25)27(20-9-3-2-4-10-20)31-28(26(33)17-19)32-29(34)24-18-21-11-5-7-13-23(21)30-24/h2-14,18-19,26,28,30H,15-17H2,1H3,(H,32,34). The van der Waals surface area contributed by atoms with Crippen molar-refractivity contribution in [2.45, 2.75) is 32.0 Å². The summed E-state index contributed by atoms with van der Waals surface area (Å²) in [4.78, 5) is 24.4. The minimum atomic E-state index is -0.357. The number of para-hydroxylation sites is 2. The van der Waals surface area contributed by atoms with Gasteiger partial charge in [0.15, 0.2) is 0 Å². The number of aromatic nitrogens is 1. The van der Waals surface area contributed by atoms with Crippen LogP contribution in [0.25, 0.3) is 10.9 Å². The van der Waals surface area contributed by atoms with Crippen LogP contribution in [0, 0.1) is 5.92 Å². The second-order valence-electron chi connectivity index (χ2n) is 9.44. The number of hydrogen-bond donors (Lipinski definition) is 2. The molecule has 0 saturated carbocycles. The molecule has 1 aromatic heterocycles. The summed E-state index contributed by atoms with van der Waals surface area (Å²) in [6, 6.07) is 28.8. The van der Waals surface area contributed by atoms with Gasteiger partial charge in [-0.3, -0.25) is 9.79 Å². The van der Waals surface area contributed by atoms with E-state index in [1.807, 2.05) is 48.5 Å². The van der Waals surface area contributed by atoms with Gasteiger partial charge in [-0.05, 0) is 37.0 Å². The van der Waals surface area contributed by atoms with Gasteiger partial charge in [-0.1, -0.05) is 73.7 Å². The number of rotatable bonds is 3. The Morgan fingerprint density at radius 2 is 1.76 bits per heavy atom. The number of aliphatic imine (C=N–C) groups is 1. The van der Waals surface area contributed by atoms with Gasteiger partial charge in [0.2, 0.25) is 0 Å². The van der Waals surface area contributed by atoms with Gasteiger partial charge >= 0.3 is 0 Å². The van der Waals surface area contributed by atoms with Crippen LogP contribution in [0.15, 0.2) is 89.9 Å². The molecule has 4 aromatic rings. The molecule has 5 heteroatoms. The van der Waals surface area contributed by atoms with Crippen LogP contribution >= 0.6 is 0 Å². The molecule has 6 rings (SSSR count). The second-order valence-corrected chi connectivity index (χ2v) is 9.44. The molecule has 1 saturated heterocycles. The van der Waals surface area contributed by atoms with Gasteiger partial charge < -0.3 is 15.2 Å². The highest BCUT2D eigenvalue weighted by Crippen LogP contribution is 2.36. The molecular weight excluding hydrogens is 420 g/mol. The maximum Gasteiger partial charge on any atom is 0.269 e. The lowest BCUT2D eigenvalue weighted by atomic mass is 9.90. The number of hydrogen-bond acceptors (Lipinski definition) is 3. The van der Waals surface area contributed by atoms with Crippen molar-refractivity contribution in [2.75, 3.05) is 11.4 Å². The van der Waals surface area contributed by atoms with Crippen molar-refractivity contribution in [3.05, 3.63) is 102 Å². The van der Waals surface area contributed by atoms with E-state index in [-0.39, 0.29) is 18.1 Å². The van der Waals surface area contributed by atoms with Gasteiger partial charge in [-0.15, -0.1) is 0 Å². The van der Waals surface area contributed by atoms with Crippen molar-refractivity contribution in [1.82, 2.24) is 10.3 Å². The van der Waals surface area contributed by atoms with Crippen LogP contribution in [0.4, 0.5) is 5.69 Å². The number of aromatic amines is 1. The van der Waals surface area contributed by atoms with E-state index in [2.05, 4.69) is 58.5 Å². The Morgan fingerprint density at radius 3 is 2.62 bits per heavy atom. The molecule has 34 heavy (non-hydrogen) atoms. The van der Waals surface area contributed by atoms with Crippen LogP contribution in [0.2, 0.25) is 0 Å². The van der Waals surface area contributed by atoms with Gasteiger partial charge in [-0.25, -0.2) is 0 Å². The zero-order valence-corrected chi connectivity index (χ0v) is 19.2. The van der Waals surface area contributed by atoms with E-state index in [1.165, 1.54) is 5.69 Å². The molecule has 3 aromatic carbocycles. The van der Waals surface area contributed by atoms with E-state index in [4.69, 9.17) is 4.99 Å². The average Bonchev–Trinajstić information content (AvgIpc) is 3.26. The maximum atomic E-state index is 13.4. The van der Waals surface area contributed by atoms with Crippen LogP contribution in [0.1, 0.15) is 41.4 Å². The number of nitrogens with zero attached hydrogens (tertiary/aromatic N) is 2. The normalized spacial score (nSPS) is 21.9. The zero-order chi connectivity index (χ0) is 23.1. The summed E-state index contributed by atoms with van der Waals surface area (Å²) >= 11 is 0. The molecule has 3 heterocycles. The van der Waals surface area contributed by atoms with E-state index in [0.717, 1.165) is 47.1 Å². The highest BCUT2D eigenvalue weighted by atomic mass is 16.2. The molecule has 0 bridgehead atoms. The predicted octanol–water partition coefficient (Wildman–Crippen LogP) is 5.38. The lowest BCUT2D eigenvalue weighted by molar-refractivity contribution is 0.0923. The monoisotopic (exact) mass is 448 g/mol. The Labute approximate surface area is 199 Å². The Bertz CT molecular complexity index is 1340. The summed E-state index contributed by atoms with van der Waals surface area (Å²) in [5, 5.41) is 4.32. The van der Waals surface area contributed by atoms with Gasteiger partial charge in [0.1, 0.15) is 11.9 Å². The molecule has 2 aliphatic heterocycles. The fraction of sp³-hybridized carbons (Fsp3) is 0.241. The maximum absolute atomic E-state index is 13.4. The molecule has 0 spiro atoms. The quantitative estimate of drug-likeness (QED) is 0.442. The number of piperidine rings is 1. The number of anilines is 1. The van der Waals surface area contributed by atoms with Crippen molar-refractivity contribution < 1.29 is 4.79 Å². The molecule has 1 fully saturated rings. The Morgan fingerprint density at radius 1 is 1.00 bits per heavy atom. The molecule has 5 nitrogen and oxygen atoms in total. The van der Waals surface area contributed by atoms with Gasteiger partial charge in [0.05, 0.1) is 11.8 Å². The number of nitrogens with one attached hydrogen (secondary N) is 2. The topological polar surface area (TPSA) is 60.5 Å². The number of carbonyl (C=O) groups is 1. The lowest BCUT2D eigenvalue weighted by Crippen LogP contribution is -2.54. The summed E-state index contributed by atoms with van der Waals surface area (Å²) in [5.74, 6) is 0.454. The number of fused-ring (bicyclic) bond motifs is 4. The predicted molar refractivity (Wildman–Crippen MR) is 138 cm³/mol. The third kappa shape index (κ3) is 3.67. The molecule has 0 radical (unpaired) electrons. The first-order valence-electron chi connectivity index (χ1n) is 12.1. The summed E-state index contributed by atoms with van der Waals surface area (Å²) in [5.41, 5.74) is 5.84. The van der Waals surface area contributed by atoms with Gasteiger partial charge in [-0.2, -0.15) is 0 Å². The van der Waals surface area contributed by atoms with Crippen molar-refractivity contribution in [2.24, 2.45) is 10.9 Å². The lowest BCUT2D eigenvalue weighted by Gasteiger charge is -2.42. The zero-order valence-electron chi connectivity index (χ0n) is 19.2. The van der Waals surface area contributed by atoms with Crippen molar-refractivity contribution >= 4 is 28.2 Å². The minimum absolute atomic E-state index is 0.0967. The van der Waals surface area contributed by atoms with Crippen LogP contribution in [0.5, 0.6) is 0 Å². The smallest absolute Gasteiger partial charge is 0.269 e. The van der Waals surface area contributed by atoms with Crippen molar-refractivity contribution in [3.63, 3.8) is 0 Å². The molecule has 170 valence electrons. The van der Waals surface area contributed by atoms with E-state index in [1.54, 1.807) is 0 Å². The fourth-order valence-corrected chi connectivity index (χ4v) is 5.36. The molecule has 3 atom stereocenters. The molecule has 1 amide bonds. The summed E-state index contributed by atoms with van der Waals surface area (Å²) < 4.78 is 0. The Hall–Kier alpha value is -3.86. The highest BCUT2D eigenvalue weighted by Gasteiger charge is 2.37. The fourth-order valence-electron chi connectivity index (χ4n) is 5.36. The number of carbonyl (C=O) groups excluding carboxylic acids is 1. The van der Waals surface area contributed by atoms with Gasteiger partial charge in [0, 0.05) is 34.3 Å². The molecule has 2 aliphatic rings. The van der Waals surface area contributed by atoms with E-state index < -0.39 is 0 Å². The molecule has 0 aliphatic carbocycles. The Balaban J connectivity index is 1.44. The van der Waals surface area contributed by atoms with Crippen molar-refractivity contribution in [3.8, 4) is 0 Å². The summed E-state index contributed by atoms with van der Waals surface area (Å²) in [6.45, 7) is 3.26. The summed E-state index contributed by atoms with van der Waals surface area (Å²) in [7, 11) is 0. The number of amides is 1. The second kappa shape index (κ2) is 8.49. The molecule has 2 N–H and O–H groups in total. The Kier molecular flexibility index (Phi) is 5.17. The first kappa shape index (κ1) is 20.7. The average molecular weight is 449 g/mol. The summed E-state index contributed by atoms with van der Waals surface area (Å²) in [6.07, 6.45) is 1.76. The van der Waals surface area contributed by atoms with E-state index >= 15 is 0 Å². The largest absolute Gasteiger partial charge is 0.364 e. The van der Waals surface area contributed by atoms with Gasteiger partial charge in [0.25, 0.3) is 5.91 Å². The van der Waals surface area contributed by atoms with Crippen LogP contribution in [-0.4, -0.2) is 35.4 Å². The minimum Gasteiger partial charge on any atom is -0.364 e. The first-order chi connectivity index (χ1) is 16.7. The van der Waals surface area contributed by atoms with Crippen LogP contribution in [0.3, 0.4) is 0 Å². The van der Waals surface area contributed by atoms with E-state index in [9.17, 15) is 4.79 Å².